The van der Waals surface area contributed by atoms with Crippen LogP contribution >= 0.6 is 0 Å². The maximum Gasteiger partial charge on any atom is 0.416 e. The van der Waals surface area contributed by atoms with Crippen molar-refractivity contribution in [3.05, 3.63) is 125 Å². The number of aryl methyl sites for hydroxylation is 1. The van der Waals surface area contributed by atoms with Crippen LogP contribution in [0.25, 0.3) is 0 Å². The molecule has 0 aliphatic heterocycles. The van der Waals surface area contributed by atoms with Gasteiger partial charge in [-0.05, 0) is 55.0 Å². The number of anilines is 2. The molecule has 0 radical (unpaired) electrons. The van der Waals surface area contributed by atoms with Crippen molar-refractivity contribution >= 4 is 33.2 Å². The lowest BCUT2D eigenvalue weighted by molar-refractivity contribution is -0.137. The Labute approximate surface area is 235 Å². The Morgan fingerprint density at radius 1 is 0.829 bits per heavy atom. The van der Waals surface area contributed by atoms with Crippen LogP contribution in [0.4, 0.5) is 24.5 Å². The fourth-order valence-corrected chi connectivity index (χ4v) is 5.39. The first-order chi connectivity index (χ1) is 19.4. The van der Waals surface area contributed by atoms with Gasteiger partial charge in [-0.2, -0.15) is 13.2 Å². The van der Waals surface area contributed by atoms with E-state index >= 15 is 0 Å². The van der Waals surface area contributed by atoms with Gasteiger partial charge in [-0.1, -0.05) is 66.2 Å². The monoisotopic (exact) mass is 581 g/mol. The van der Waals surface area contributed by atoms with Crippen LogP contribution in [0, 0.1) is 6.92 Å². The first kappa shape index (κ1) is 29.3. The number of carbonyl (C=O) groups is 2. The van der Waals surface area contributed by atoms with Crippen LogP contribution in [-0.4, -0.2) is 26.8 Å². The van der Waals surface area contributed by atoms with Gasteiger partial charge >= 0.3 is 6.18 Å². The SMILES string of the molecule is Cc1ccc(S(=O)(=O)N(CC(=O)Nc2ccccc2C(=O)NCc2ccccc2)c2cccc(C(F)(F)F)c2)cc1. The van der Waals surface area contributed by atoms with Crippen LogP contribution in [0.5, 0.6) is 0 Å². The molecule has 0 atom stereocenters. The number of alkyl halides is 3. The molecule has 2 N–H and O–H groups in total. The fraction of sp³-hybridized carbons (Fsp3) is 0.133. The van der Waals surface area contributed by atoms with E-state index in [-0.39, 0.29) is 28.4 Å². The Balaban J connectivity index is 1.61. The van der Waals surface area contributed by atoms with E-state index < -0.39 is 40.1 Å². The number of hydrogen-bond acceptors (Lipinski definition) is 4. The van der Waals surface area contributed by atoms with E-state index in [2.05, 4.69) is 10.6 Å². The molecule has 0 aromatic heterocycles. The van der Waals surface area contributed by atoms with Crippen molar-refractivity contribution in [2.75, 3.05) is 16.2 Å². The van der Waals surface area contributed by atoms with Gasteiger partial charge in [0.1, 0.15) is 6.54 Å². The zero-order valence-corrected chi connectivity index (χ0v) is 22.7. The molecule has 0 bridgehead atoms. The van der Waals surface area contributed by atoms with Gasteiger partial charge in [-0.25, -0.2) is 8.42 Å². The Bertz CT molecular complexity index is 1640. The summed E-state index contributed by atoms with van der Waals surface area (Å²) >= 11 is 0. The molecule has 7 nitrogen and oxygen atoms in total. The molecule has 212 valence electrons. The van der Waals surface area contributed by atoms with Crippen molar-refractivity contribution in [1.82, 2.24) is 5.32 Å². The second-order valence-electron chi connectivity index (χ2n) is 9.13. The minimum absolute atomic E-state index is 0.111. The lowest BCUT2D eigenvalue weighted by atomic mass is 10.1. The molecule has 4 aromatic rings. The molecular weight excluding hydrogens is 555 g/mol. The van der Waals surface area contributed by atoms with E-state index in [9.17, 15) is 31.2 Å². The summed E-state index contributed by atoms with van der Waals surface area (Å²) in [6.07, 6.45) is -4.73. The third-order valence-corrected chi connectivity index (χ3v) is 7.89. The molecule has 41 heavy (non-hydrogen) atoms. The number of benzene rings is 4. The Morgan fingerprint density at radius 3 is 2.17 bits per heavy atom. The van der Waals surface area contributed by atoms with Gasteiger partial charge in [0.15, 0.2) is 0 Å². The van der Waals surface area contributed by atoms with E-state index in [4.69, 9.17) is 0 Å². The molecule has 0 saturated carbocycles. The van der Waals surface area contributed by atoms with Gasteiger partial charge in [0.2, 0.25) is 5.91 Å². The second-order valence-corrected chi connectivity index (χ2v) is 11.0. The average molecular weight is 582 g/mol. The standard InChI is InChI=1S/C30H26F3N3O4S/c1-21-14-16-25(17-15-21)41(39,40)36(24-11-7-10-23(18-24)30(31,32)33)20-28(37)35-27-13-6-5-12-26(27)29(38)34-19-22-8-3-2-4-9-22/h2-18H,19-20H2,1H3,(H,34,38)(H,35,37). The predicted octanol–water partition coefficient (Wildman–Crippen LogP) is 5.78. The van der Waals surface area contributed by atoms with Gasteiger partial charge in [0, 0.05) is 6.54 Å². The number of hydrogen-bond donors (Lipinski definition) is 2. The highest BCUT2D eigenvalue weighted by atomic mass is 32.2. The number of rotatable bonds is 9. The zero-order chi connectivity index (χ0) is 29.6. The fourth-order valence-electron chi connectivity index (χ4n) is 3.97. The van der Waals surface area contributed by atoms with Crippen LogP contribution in [0.2, 0.25) is 0 Å². The van der Waals surface area contributed by atoms with Crippen molar-refractivity contribution in [2.45, 2.75) is 24.5 Å². The van der Waals surface area contributed by atoms with Gasteiger partial charge in [-0.3, -0.25) is 13.9 Å². The molecule has 0 unspecified atom stereocenters. The summed E-state index contributed by atoms with van der Waals surface area (Å²) < 4.78 is 68.1. The average Bonchev–Trinajstić information content (AvgIpc) is 2.95. The summed E-state index contributed by atoms with van der Waals surface area (Å²) in [6.45, 7) is 1.14. The number of amides is 2. The Hall–Kier alpha value is -4.64. The Kier molecular flexibility index (Phi) is 8.77. The summed E-state index contributed by atoms with van der Waals surface area (Å²) in [7, 11) is -4.46. The molecule has 0 spiro atoms. The highest BCUT2D eigenvalue weighted by Crippen LogP contribution is 2.33. The number of halogens is 3. The molecule has 0 aliphatic carbocycles. The highest BCUT2D eigenvalue weighted by molar-refractivity contribution is 7.92. The van der Waals surface area contributed by atoms with Gasteiger partial charge in [-0.15, -0.1) is 0 Å². The summed E-state index contributed by atoms with van der Waals surface area (Å²) in [5.41, 5.74) is 0.461. The first-order valence-electron chi connectivity index (χ1n) is 12.4. The number of carbonyl (C=O) groups excluding carboxylic acids is 2. The van der Waals surface area contributed by atoms with Crippen LogP contribution in [-0.2, 0) is 27.5 Å². The summed E-state index contributed by atoms with van der Waals surface area (Å²) in [5, 5.41) is 5.30. The lowest BCUT2D eigenvalue weighted by Gasteiger charge is -2.25. The smallest absolute Gasteiger partial charge is 0.348 e. The molecular formula is C30H26F3N3O4S. The molecule has 4 rings (SSSR count). The van der Waals surface area contributed by atoms with Gasteiger partial charge in [0.25, 0.3) is 15.9 Å². The van der Waals surface area contributed by atoms with E-state index in [1.807, 2.05) is 30.3 Å². The summed E-state index contributed by atoms with van der Waals surface area (Å²) in [6, 6.07) is 24.8. The molecule has 2 amide bonds. The Morgan fingerprint density at radius 2 is 1.49 bits per heavy atom. The minimum Gasteiger partial charge on any atom is -0.348 e. The zero-order valence-electron chi connectivity index (χ0n) is 21.9. The van der Waals surface area contributed by atoms with E-state index in [1.54, 1.807) is 31.2 Å². The highest BCUT2D eigenvalue weighted by Gasteiger charge is 2.33. The number of nitrogens with zero attached hydrogens (tertiary/aromatic N) is 1. The van der Waals surface area contributed by atoms with Gasteiger partial charge in [0.05, 0.1) is 27.4 Å². The minimum atomic E-state index is -4.73. The van der Waals surface area contributed by atoms with E-state index in [0.717, 1.165) is 23.3 Å². The van der Waals surface area contributed by atoms with E-state index in [0.29, 0.717) is 10.4 Å². The van der Waals surface area contributed by atoms with Crippen molar-refractivity contribution in [3.63, 3.8) is 0 Å². The summed E-state index contributed by atoms with van der Waals surface area (Å²) in [4.78, 5) is 25.9. The van der Waals surface area contributed by atoms with Crippen molar-refractivity contribution in [2.24, 2.45) is 0 Å². The maximum absolute atomic E-state index is 13.6. The van der Waals surface area contributed by atoms with Gasteiger partial charge < -0.3 is 10.6 Å². The molecule has 0 aliphatic rings. The first-order valence-corrected chi connectivity index (χ1v) is 13.9. The number of sulfonamides is 1. The van der Waals surface area contributed by atoms with Crippen LogP contribution < -0.4 is 14.9 Å². The van der Waals surface area contributed by atoms with Crippen LogP contribution in [0.1, 0.15) is 27.0 Å². The second kappa shape index (κ2) is 12.3. The number of para-hydroxylation sites is 1. The quantitative estimate of drug-likeness (QED) is 0.262. The van der Waals surface area contributed by atoms with Crippen LogP contribution in [0.3, 0.4) is 0 Å². The molecule has 0 fully saturated rings. The van der Waals surface area contributed by atoms with Crippen molar-refractivity contribution in [3.8, 4) is 0 Å². The predicted molar refractivity (Wildman–Crippen MR) is 150 cm³/mol. The lowest BCUT2D eigenvalue weighted by Crippen LogP contribution is -2.38. The molecule has 4 aromatic carbocycles. The van der Waals surface area contributed by atoms with E-state index in [1.165, 1.54) is 30.3 Å². The van der Waals surface area contributed by atoms with Crippen molar-refractivity contribution < 1.29 is 31.2 Å². The largest absolute Gasteiger partial charge is 0.416 e. The van der Waals surface area contributed by atoms with Crippen LogP contribution in [0.15, 0.2) is 108 Å². The topological polar surface area (TPSA) is 95.6 Å². The maximum atomic E-state index is 13.6. The number of nitrogens with one attached hydrogen (secondary N) is 2. The van der Waals surface area contributed by atoms with Crippen molar-refractivity contribution in [1.29, 1.82) is 0 Å². The third-order valence-electron chi connectivity index (χ3n) is 6.10. The normalized spacial score (nSPS) is 11.5. The third kappa shape index (κ3) is 7.31. The molecule has 0 saturated heterocycles. The molecule has 11 heteroatoms. The summed E-state index contributed by atoms with van der Waals surface area (Å²) in [5.74, 6) is -1.34. The molecule has 0 heterocycles.